The molecule has 0 spiro atoms. The Kier molecular flexibility index (Phi) is 3.36. The van der Waals surface area contributed by atoms with Crippen LogP contribution in [0.3, 0.4) is 0 Å². The summed E-state index contributed by atoms with van der Waals surface area (Å²) in [6.45, 7) is 2.39. The molecular weight excluding hydrogens is 330 g/mol. The van der Waals surface area contributed by atoms with Crippen molar-refractivity contribution >= 4 is 17.8 Å². The zero-order valence-corrected chi connectivity index (χ0v) is 14.4. The molecule has 3 aromatic heterocycles. The molecule has 0 bridgehead atoms. The van der Waals surface area contributed by atoms with Crippen molar-refractivity contribution in [3.63, 3.8) is 0 Å². The molecule has 1 amide bonds. The lowest BCUT2D eigenvalue weighted by molar-refractivity contribution is 0.0298. The van der Waals surface area contributed by atoms with Gasteiger partial charge in [-0.3, -0.25) is 14.2 Å². The fourth-order valence-electron chi connectivity index (χ4n) is 3.53. The van der Waals surface area contributed by atoms with Gasteiger partial charge in [0.05, 0.1) is 25.6 Å². The van der Waals surface area contributed by atoms with Gasteiger partial charge in [-0.25, -0.2) is 4.98 Å². The lowest BCUT2D eigenvalue weighted by Gasteiger charge is -2.26. The normalized spacial score (nSPS) is 16.2. The van der Waals surface area contributed by atoms with Crippen LogP contribution < -0.4 is 15.2 Å². The van der Waals surface area contributed by atoms with Crippen LogP contribution in [-0.4, -0.2) is 58.5 Å². The smallest absolute Gasteiger partial charge is 0.272 e. The van der Waals surface area contributed by atoms with Crippen LogP contribution in [0.25, 0.3) is 23.0 Å². The average molecular weight is 348 g/mol. The highest BCUT2D eigenvalue weighted by Crippen LogP contribution is 2.18. The first kappa shape index (κ1) is 15.2. The summed E-state index contributed by atoms with van der Waals surface area (Å²) in [7, 11) is 2.01. The molecule has 1 saturated heterocycles. The minimum atomic E-state index is -0.0107. The van der Waals surface area contributed by atoms with Crippen molar-refractivity contribution < 1.29 is 9.53 Å². The van der Waals surface area contributed by atoms with Gasteiger partial charge in [0, 0.05) is 36.6 Å². The number of aromatic nitrogens is 3. The third kappa shape index (κ3) is 2.24. The number of nitrogens with zero attached hydrogens (tertiary/aromatic N) is 5. The van der Waals surface area contributed by atoms with E-state index < -0.39 is 0 Å². The van der Waals surface area contributed by atoms with E-state index in [0.717, 1.165) is 22.1 Å². The maximum absolute atomic E-state index is 12.9. The first-order valence-corrected chi connectivity index (χ1v) is 8.62. The molecule has 1 fully saturated rings. The van der Waals surface area contributed by atoms with Crippen molar-refractivity contribution in [1.29, 1.82) is 0 Å². The van der Waals surface area contributed by atoms with E-state index in [1.807, 2.05) is 47.1 Å². The second-order valence-corrected chi connectivity index (χ2v) is 6.55. The van der Waals surface area contributed by atoms with E-state index in [1.165, 1.54) is 5.22 Å². The fraction of sp³-hybridized carbons (Fsp3) is 0.263. The Labute approximate surface area is 149 Å². The van der Waals surface area contributed by atoms with E-state index in [9.17, 15) is 4.79 Å². The molecule has 0 atom stereocenters. The number of hydrogen-bond acceptors (Lipinski definition) is 4. The number of morpholine rings is 1. The molecule has 0 unspecified atom stereocenters. The average Bonchev–Trinajstić information content (AvgIpc) is 3.10. The molecule has 0 aliphatic carbocycles. The summed E-state index contributed by atoms with van der Waals surface area (Å²) in [6.07, 6.45) is 9.44. The topological polar surface area (TPSA) is 62.7 Å². The highest BCUT2D eigenvalue weighted by molar-refractivity contribution is 5.93. The van der Waals surface area contributed by atoms with E-state index in [4.69, 9.17) is 4.74 Å². The van der Waals surface area contributed by atoms with Gasteiger partial charge >= 0.3 is 0 Å². The van der Waals surface area contributed by atoms with Gasteiger partial charge in [0.15, 0.2) is 6.20 Å². The highest BCUT2D eigenvalue weighted by Gasteiger charge is 2.22. The Balaban J connectivity index is 1.60. The molecule has 2 aliphatic rings. The highest BCUT2D eigenvalue weighted by atomic mass is 16.5. The van der Waals surface area contributed by atoms with Gasteiger partial charge in [0.1, 0.15) is 23.6 Å². The summed E-state index contributed by atoms with van der Waals surface area (Å²) < 4.78 is 9.26. The van der Waals surface area contributed by atoms with Crippen LogP contribution in [0.4, 0.5) is 0 Å². The first-order valence-electron chi connectivity index (χ1n) is 8.62. The Hall–Kier alpha value is -3.06. The Morgan fingerprint density at radius 3 is 2.85 bits per heavy atom. The molecule has 7 nitrogen and oxygen atoms in total. The minimum absolute atomic E-state index is 0.0107. The predicted octanol–water partition coefficient (Wildman–Crippen LogP) is -0.259. The standard InChI is InChI=1S/C19H18N5O2/c1-22-12-15-14(8-20-9-16(15)22)13-2-3-18-21-10-17(24(18)11-13)19(25)23-4-6-26-7-5-23/h2-3,8-12H,4-7H2,1H3/q+1. The second kappa shape index (κ2) is 5.74. The molecule has 3 aromatic rings. The molecule has 0 N–H and O–H groups in total. The predicted molar refractivity (Wildman–Crippen MR) is 96.0 cm³/mol. The van der Waals surface area contributed by atoms with E-state index in [1.54, 1.807) is 6.20 Å². The lowest BCUT2D eigenvalue weighted by atomic mass is 10.1. The largest absolute Gasteiger partial charge is 0.378 e. The monoisotopic (exact) mass is 348 g/mol. The van der Waals surface area contributed by atoms with Crippen LogP contribution in [-0.2, 0) is 4.74 Å². The molecular formula is C19H18N5O2+. The minimum Gasteiger partial charge on any atom is -0.378 e. The van der Waals surface area contributed by atoms with E-state index in [-0.39, 0.29) is 5.91 Å². The maximum Gasteiger partial charge on any atom is 0.272 e. The van der Waals surface area contributed by atoms with Crippen molar-refractivity contribution in [1.82, 2.24) is 23.8 Å². The molecule has 0 radical (unpaired) electrons. The Bertz CT molecular complexity index is 1160. The summed E-state index contributed by atoms with van der Waals surface area (Å²) in [5, 5.41) is 2.28. The van der Waals surface area contributed by atoms with Gasteiger partial charge in [-0.05, 0) is 12.1 Å². The lowest BCUT2D eigenvalue weighted by Crippen LogP contribution is -2.46. The van der Waals surface area contributed by atoms with Crippen LogP contribution >= 0.6 is 0 Å². The van der Waals surface area contributed by atoms with E-state index in [2.05, 4.69) is 20.7 Å². The van der Waals surface area contributed by atoms with Gasteiger partial charge < -0.3 is 9.64 Å². The van der Waals surface area contributed by atoms with Crippen LogP contribution in [0.1, 0.15) is 10.5 Å². The summed E-state index contributed by atoms with van der Waals surface area (Å²) >= 11 is 0. The third-order valence-corrected chi connectivity index (χ3v) is 5.00. The quantitative estimate of drug-likeness (QED) is 0.599. The Morgan fingerprint density at radius 2 is 2.04 bits per heavy atom. The third-order valence-electron chi connectivity index (χ3n) is 5.00. The summed E-state index contributed by atoms with van der Waals surface area (Å²) in [5.74, 6) is -0.0107. The van der Waals surface area contributed by atoms with E-state index >= 15 is 0 Å². The summed E-state index contributed by atoms with van der Waals surface area (Å²) in [5.41, 5.74) is 3.41. The molecule has 26 heavy (non-hydrogen) atoms. The molecule has 130 valence electrons. The SMILES string of the molecule is C[N+]1=c2cncc(-c3ccc4ncc(C(=O)N5CCOCC5)n4c3)c2=C1. The van der Waals surface area contributed by atoms with Crippen molar-refractivity contribution in [2.24, 2.45) is 0 Å². The number of carbonyl (C=O) groups excluding carboxylic acids is 1. The number of rotatable bonds is 2. The molecule has 5 heterocycles. The number of imidazole rings is 1. The molecule has 0 aromatic carbocycles. The van der Waals surface area contributed by atoms with Gasteiger partial charge in [-0.15, -0.1) is 0 Å². The molecule has 0 saturated carbocycles. The Morgan fingerprint density at radius 1 is 1.19 bits per heavy atom. The van der Waals surface area contributed by atoms with Gasteiger partial charge in [-0.1, -0.05) is 0 Å². The van der Waals surface area contributed by atoms with Crippen LogP contribution in [0, 0.1) is 0 Å². The summed E-state index contributed by atoms with van der Waals surface area (Å²) in [6, 6.07) is 3.96. The number of pyridine rings is 2. The number of ether oxygens (including phenoxy) is 1. The van der Waals surface area contributed by atoms with Crippen LogP contribution in [0.15, 0.2) is 36.9 Å². The number of carbonyl (C=O) groups is 1. The van der Waals surface area contributed by atoms with Crippen molar-refractivity contribution in [2.75, 3.05) is 33.4 Å². The van der Waals surface area contributed by atoms with Gasteiger partial charge in [0.25, 0.3) is 5.91 Å². The number of hydrogen-bond donors (Lipinski definition) is 0. The van der Waals surface area contributed by atoms with Crippen molar-refractivity contribution in [2.45, 2.75) is 0 Å². The number of amides is 1. The summed E-state index contributed by atoms with van der Waals surface area (Å²) in [4.78, 5) is 23.4. The molecule has 5 rings (SSSR count). The first-order chi connectivity index (χ1) is 12.7. The zero-order valence-electron chi connectivity index (χ0n) is 14.4. The van der Waals surface area contributed by atoms with Crippen molar-refractivity contribution in [3.8, 4) is 11.1 Å². The van der Waals surface area contributed by atoms with E-state index in [0.29, 0.717) is 32.0 Å². The van der Waals surface area contributed by atoms with Crippen LogP contribution in [0.5, 0.6) is 0 Å². The zero-order chi connectivity index (χ0) is 17.7. The maximum atomic E-state index is 12.9. The fourth-order valence-corrected chi connectivity index (χ4v) is 3.53. The molecule has 2 aliphatic heterocycles. The molecule has 7 heteroatoms. The van der Waals surface area contributed by atoms with Gasteiger partial charge in [-0.2, -0.15) is 4.58 Å². The van der Waals surface area contributed by atoms with Crippen LogP contribution in [0.2, 0.25) is 0 Å². The number of fused-ring (bicyclic) bond motifs is 2. The second-order valence-electron chi connectivity index (χ2n) is 6.55. The van der Waals surface area contributed by atoms with Crippen molar-refractivity contribution in [3.05, 3.63) is 53.2 Å². The van der Waals surface area contributed by atoms with Gasteiger partial charge in [0.2, 0.25) is 5.36 Å².